The van der Waals surface area contributed by atoms with E-state index < -0.39 is 0 Å². The van der Waals surface area contributed by atoms with E-state index in [-0.39, 0.29) is 0 Å². The summed E-state index contributed by atoms with van der Waals surface area (Å²) in [5.41, 5.74) is 6.42. The second-order valence-corrected chi connectivity index (χ2v) is 4.98. The highest BCUT2D eigenvalue weighted by atomic mass is 32.1. The first-order valence-corrected chi connectivity index (χ1v) is 6.99. The second kappa shape index (κ2) is 7.43. The van der Waals surface area contributed by atoms with Crippen LogP contribution in [0.15, 0.2) is 24.3 Å². The van der Waals surface area contributed by atoms with Gasteiger partial charge in [0.2, 0.25) is 0 Å². The van der Waals surface area contributed by atoms with E-state index in [1.54, 1.807) is 0 Å². The normalized spacial score (nSPS) is 16.8. The third-order valence-electron chi connectivity index (χ3n) is 3.13. The maximum atomic E-state index is 5.72. The van der Waals surface area contributed by atoms with Crippen LogP contribution in [0, 0.1) is 0 Å². The molecule has 1 aliphatic heterocycles. The highest BCUT2D eigenvalue weighted by Crippen LogP contribution is 2.12. The first-order chi connectivity index (χ1) is 9.25. The predicted octanol–water partition coefficient (Wildman–Crippen LogP) is 1.42. The zero-order valence-electron chi connectivity index (χ0n) is 11.0. The molecule has 0 saturated carbocycles. The molecule has 4 nitrogen and oxygen atoms in total. The van der Waals surface area contributed by atoms with E-state index >= 15 is 0 Å². The molecule has 0 atom stereocenters. The summed E-state index contributed by atoms with van der Waals surface area (Å²) in [6, 6.07) is 7.58. The maximum Gasteiger partial charge on any atom is 0.119 e. The SMILES string of the molecule is NC(=S)c1ccc(OCCN2CCCOCC2)cc1. The molecular formula is C14H20N2O2S. The number of hydrogen-bond acceptors (Lipinski definition) is 4. The van der Waals surface area contributed by atoms with Crippen LogP contribution in [0.25, 0.3) is 0 Å². The van der Waals surface area contributed by atoms with Crippen molar-refractivity contribution in [1.29, 1.82) is 0 Å². The second-order valence-electron chi connectivity index (χ2n) is 4.54. The van der Waals surface area contributed by atoms with Crippen molar-refractivity contribution in [3.8, 4) is 5.75 Å². The molecule has 1 saturated heterocycles. The standard InChI is InChI=1S/C14H20N2O2S/c15-14(19)12-2-4-13(5-3-12)18-11-8-16-6-1-9-17-10-7-16/h2-5H,1,6-11H2,(H2,15,19). The minimum atomic E-state index is 0.413. The minimum absolute atomic E-state index is 0.413. The van der Waals surface area contributed by atoms with Crippen LogP contribution >= 0.6 is 12.2 Å². The van der Waals surface area contributed by atoms with Gasteiger partial charge in [-0.05, 0) is 30.7 Å². The Balaban J connectivity index is 1.74. The van der Waals surface area contributed by atoms with Crippen molar-refractivity contribution in [3.63, 3.8) is 0 Å². The summed E-state index contributed by atoms with van der Waals surface area (Å²) in [5.74, 6) is 0.853. The topological polar surface area (TPSA) is 47.7 Å². The lowest BCUT2D eigenvalue weighted by Crippen LogP contribution is -2.30. The predicted molar refractivity (Wildman–Crippen MR) is 79.7 cm³/mol. The molecule has 2 N–H and O–H groups in total. The summed E-state index contributed by atoms with van der Waals surface area (Å²) >= 11 is 4.91. The molecule has 0 spiro atoms. The number of ether oxygens (including phenoxy) is 2. The summed E-state index contributed by atoms with van der Waals surface area (Å²) < 4.78 is 11.1. The van der Waals surface area contributed by atoms with Gasteiger partial charge in [-0.25, -0.2) is 0 Å². The fourth-order valence-corrected chi connectivity index (χ4v) is 2.17. The molecule has 0 unspecified atom stereocenters. The van der Waals surface area contributed by atoms with E-state index in [1.165, 1.54) is 0 Å². The van der Waals surface area contributed by atoms with Crippen LogP contribution in [0.3, 0.4) is 0 Å². The fourth-order valence-electron chi connectivity index (χ4n) is 2.03. The Morgan fingerprint density at radius 3 is 2.79 bits per heavy atom. The third kappa shape index (κ3) is 4.78. The Kier molecular flexibility index (Phi) is 5.57. The molecule has 0 radical (unpaired) electrons. The number of thiocarbonyl (C=S) groups is 1. The molecule has 0 bridgehead atoms. The molecule has 1 aromatic rings. The number of benzene rings is 1. The largest absolute Gasteiger partial charge is 0.492 e. The van der Waals surface area contributed by atoms with Gasteiger partial charge in [0.1, 0.15) is 17.3 Å². The minimum Gasteiger partial charge on any atom is -0.492 e. The van der Waals surface area contributed by atoms with E-state index in [0.717, 1.165) is 50.6 Å². The lowest BCUT2D eigenvalue weighted by atomic mass is 10.2. The molecule has 104 valence electrons. The average molecular weight is 280 g/mol. The quantitative estimate of drug-likeness (QED) is 0.827. The summed E-state index contributed by atoms with van der Waals surface area (Å²) in [6.07, 6.45) is 1.10. The molecule has 2 rings (SSSR count). The Hall–Kier alpha value is -1.17. The molecule has 19 heavy (non-hydrogen) atoms. The third-order valence-corrected chi connectivity index (χ3v) is 3.37. The number of nitrogens with zero attached hydrogens (tertiary/aromatic N) is 1. The average Bonchev–Trinajstić information content (AvgIpc) is 2.68. The van der Waals surface area contributed by atoms with E-state index in [2.05, 4.69) is 4.90 Å². The number of nitrogens with two attached hydrogens (primary N) is 1. The molecule has 0 amide bonds. The van der Waals surface area contributed by atoms with Gasteiger partial charge in [-0.1, -0.05) is 12.2 Å². The van der Waals surface area contributed by atoms with Crippen molar-refractivity contribution in [2.24, 2.45) is 5.73 Å². The van der Waals surface area contributed by atoms with Gasteiger partial charge in [-0.2, -0.15) is 0 Å². The van der Waals surface area contributed by atoms with Crippen LogP contribution < -0.4 is 10.5 Å². The monoisotopic (exact) mass is 280 g/mol. The summed E-state index contributed by atoms with van der Waals surface area (Å²) in [6.45, 7) is 5.39. The Morgan fingerprint density at radius 2 is 2.05 bits per heavy atom. The van der Waals surface area contributed by atoms with Crippen molar-refractivity contribution >= 4 is 17.2 Å². The maximum absolute atomic E-state index is 5.72. The van der Waals surface area contributed by atoms with Gasteiger partial charge in [0, 0.05) is 31.8 Å². The highest BCUT2D eigenvalue weighted by molar-refractivity contribution is 7.80. The van der Waals surface area contributed by atoms with Gasteiger partial charge in [0.15, 0.2) is 0 Å². The van der Waals surface area contributed by atoms with Crippen molar-refractivity contribution < 1.29 is 9.47 Å². The van der Waals surface area contributed by atoms with Crippen molar-refractivity contribution in [1.82, 2.24) is 4.90 Å². The van der Waals surface area contributed by atoms with Crippen LogP contribution in [0.4, 0.5) is 0 Å². The molecule has 1 fully saturated rings. The van der Waals surface area contributed by atoms with Crippen molar-refractivity contribution in [3.05, 3.63) is 29.8 Å². The summed E-state index contributed by atoms with van der Waals surface area (Å²) in [4.78, 5) is 2.78. The zero-order valence-corrected chi connectivity index (χ0v) is 11.8. The Labute approximate surface area is 119 Å². The summed E-state index contributed by atoms with van der Waals surface area (Å²) in [5, 5.41) is 0. The van der Waals surface area contributed by atoms with Gasteiger partial charge < -0.3 is 15.2 Å². The first-order valence-electron chi connectivity index (χ1n) is 6.58. The molecular weight excluding hydrogens is 260 g/mol. The Morgan fingerprint density at radius 1 is 1.26 bits per heavy atom. The van der Waals surface area contributed by atoms with Crippen LogP contribution in [-0.4, -0.2) is 49.3 Å². The zero-order chi connectivity index (χ0) is 13.5. The lowest BCUT2D eigenvalue weighted by Gasteiger charge is -2.19. The van der Waals surface area contributed by atoms with Gasteiger partial charge in [0.25, 0.3) is 0 Å². The number of hydrogen-bond donors (Lipinski definition) is 1. The lowest BCUT2D eigenvalue weighted by molar-refractivity contribution is 0.137. The first kappa shape index (κ1) is 14.2. The molecule has 5 heteroatoms. The molecule has 0 aromatic heterocycles. The van der Waals surface area contributed by atoms with Gasteiger partial charge in [-0.15, -0.1) is 0 Å². The van der Waals surface area contributed by atoms with E-state index in [0.29, 0.717) is 11.6 Å². The highest BCUT2D eigenvalue weighted by Gasteiger charge is 2.08. The molecule has 1 aliphatic rings. The van der Waals surface area contributed by atoms with Gasteiger partial charge in [0.05, 0.1) is 6.61 Å². The summed E-state index contributed by atoms with van der Waals surface area (Å²) in [7, 11) is 0. The number of rotatable bonds is 5. The van der Waals surface area contributed by atoms with E-state index in [1.807, 2.05) is 24.3 Å². The van der Waals surface area contributed by atoms with Crippen molar-refractivity contribution in [2.45, 2.75) is 6.42 Å². The van der Waals surface area contributed by atoms with E-state index in [9.17, 15) is 0 Å². The smallest absolute Gasteiger partial charge is 0.119 e. The molecule has 1 aromatic carbocycles. The molecule has 1 heterocycles. The van der Waals surface area contributed by atoms with Crippen molar-refractivity contribution in [2.75, 3.05) is 39.5 Å². The van der Waals surface area contributed by atoms with Crippen LogP contribution in [0.1, 0.15) is 12.0 Å². The van der Waals surface area contributed by atoms with Crippen LogP contribution in [-0.2, 0) is 4.74 Å². The Bertz CT molecular complexity index is 400. The van der Waals surface area contributed by atoms with Crippen LogP contribution in [0.2, 0.25) is 0 Å². The van der Waals surface area contributed by atoms with Crippen LogP contribution in [0.5, 0.6) is 5.75 Å². The fraction of sp³-hybridized carbons (Fsp3) is 0.500. The van der Waals surface area contributed by atoms with Gasteiger partial charge in [-0.3, -0.25) is 4.90 Å². The van der Waals surface area contributed by atoms with Gasteiger partial charge >= 0.3 is 0 Å². The van der Waals surface area contributed by atoms with E-state index in [4.69, 9.17) is 27.4 Å². The molecule has 0 aliphatic carbocycles.